The van der Waals surface area contributed by atoms with Crippen LogP contribution in [0.5, 0.6) is 5.75 Å². The van der Waals surface area contributed by atoms with Crippen molar-refractivity contribution in [3.05, 3.63) is 45.1 Å². The topological polar surface area (TPSA) is 27.7 Å². The summed E-state index contributed by atoms with van der Waals surface area (Å²) in [4.78, 5) is 6.17. The van der Waals surface area contributed by atoms with Crippen molar-refractivity contribution in [2.45, 2.75) is 39.7 Å². The van der Waals surface area contributed by atoms with Crippen LogP contribution in [0.3, 0.4) is 0 Å². The standard InChI is InChI=1S/C23H32ClN3OS2/c1-17-7-4-9-26(15-17)10-6-11-27(16-19-8-5-12-30-19)23(29)25-21-13-18(2)20(24)14-22(21)28-3/h5,8,12-14,17H,4,6-7,9-11,15-16H2,1-3H3,(H,25,29)/t17-/m1/s1. The lowest BCUT2D eigenvalue weighted by Gasteiger charge is -2.32. The van der Waals surface area contributed by atoms with Crippen molar-refractivity contribution < 1.29 is 4.74 Å². The van der Waals surface area contributed by atoms with Crippen molar-refractivity contribution in [2.75, 3.05) is 38.6 Å². The zero-order valence-corrected chi connectivity index (χ0v) is 20.5. The monoisotopic (exact) mass is 465 g/mol. The highest BCUT2D eigenvalue weighted by molar-refractivity contribution is 7.80. The van der Waals surface area contributed by atoms with E-state index in [1.54, 1.807) is 18.4 Å². The quantitative estimate of drug-likeness (QED) is 0.480. The summed E-state index contributed by atoms with van der Waals surface area (Å²) in [7, 11) is 1.65. The highest BCUT2D eigenvalue weighted by Gasteiger charge is 2.18. The van der Waals surface area contributed by atoms with Gasteiger partial charge in [-0.25, -0.2) is 0 Å². The van der Waals surface area contributed by atoms with E-state index in [0.29, 0.717) is 10.8 Å². The number of nitrogens with one attached hydrogen (secondary N) is 1. The van der Waals surface area contributed by atoms with Gasteiger partial charge in [-0.1, -0.05) is 24.6 Å². The lowest BCUT2D eigenvalue weighted by molar-refractivity contribution is 0.177. The van der Waals surface area contributed by atoms with Crippen molar-refractivity contribution >= 4 is 46.0 Å². The lowest BCUT2D eigenvalue weighted by atomic mass is 10.0. The Labute approximate surface area is 195 Å². The molecule has 4 nitrogen and oxygen atoms in total. The number of benzene rings is 1. The van der Waals surface area contributed by atoms with Crippen molar-refractivity contribution in [1.82, 2.24) is 9.80 Å². The van der Waals surface area contributed by atoms with Gasteiger partial charge in [-0.3, -0.25) is 0 Å². The molecule has 0 radical (unpaired) electrons. The number of nitrogens with zero attached hydrogens (tertiary/aromatic N) is 2. The van der Waals surface area contributed by atoms with Gasteiger partial charge in [0.15, 0.2) is 5.11 Å². The van der Waals surface area contributed by atoms with Crippen LogP contribution in [0, 0.1) is 12.8 Å². The molecule has 0 spiro atoms. The predicted molar refractivity (Wildman–Crippen MR) is 133 cm³/mol. The fourth-order valence-corrected chi connectivity index (χ4v) is 5.08. The molecule has 1 aliphatic heterocycles. The molecule has 7 heteroatoms. The maximum atomic E-state index is 6.26. The fourth-order valence-electron chi connectivity index (χ4n) is 3.94. The summed E-state index contributed by atoms with van der Waals surface area (Å²) >= 11 is 13.8. The third-order valence-corrected chi connectivity index (χ3v) is 7.21. The molecule has 0 amide bonds. The molecule has 0 aliphatic carbocycles. The van der Waals surface area contributed by atoms with Gasteiger partial charge in [0.2, 0.25) is 0 Å². The molecule has 30 heavy (non-hydrogen) atoms. The number of thiocarbonyl (C=S) groups is 1. The molecule has 3 rings (SSSR count). The van der Waals surface area contributed by atoms with E-state index < -0.39 is 0 Å². The Morgan fingerprint density at radius 1 is 1.43 bits per heavy atom. The maximum Gasteiger partial charge on any atom is 0.173 e. The van der Waals surface area contributed by atoms with Crippen LogP contribution in [0.25, 0.3) is 0 Å². The van der Waals surface area contributed by atoms with Crippen LogP contribution in [-0.2, 0) is 6.54 Å². The maximum absolute atomic E-state index is 6.26. The zero-order chi connectivity index (χ0) is 21.5. The Hall–Kier alpha value is -1.34. The molecule has 164 valence electrons. The molecule has 1 aliphatic rings. The highest BCUT2D eigenvalue weighted by Crippen LogP contribution is 2.31. The minimum Gasteiger partial charge on any atom is -0.495 e. The van der Waals surface area contributed by atoms with Crippen molar-refractivity contribution in [3.8, 4) is 5.75 Å². The summed E-state index contributed by atoms with van der Waals surface area (Å²) in [6, 6.07) is 8.09. The first-order chi connectivity index (χ1) is 14.5. The molecule has 1 aromatic heterocycles. The number of hydrogen-bond donors (Lipinski definition) is 1. The first kappa shape index (κ1) is 23.3. The van der Waals surface area contributed by atoms with Crippen LogP contribution in [0.4, 0.5) is 5.69 Å². The Bertz CT molecular complexity index is 828. The van der Waals surface area contributed by atoms with E-state index >= 15 is 0 Å². The second-order valence-electron chi connectivity index (χ2n) is 8.13. The fraction of sp³-hybridized carbons (Fsp3) is 0.522. The average molecular weight is 466 g/mol. The molecule has 1 atom stereocenters. The van der Waals surface area contributed by atoms with E-state index in [-0.39, 0.29) is 0 Å². The number of halogens is 1. The summed E-state index contributed by atoms with van der Waals surface area (Å²) in [5.41, 5.74) is 1.84. The van der Waals surface area contributed by atoms with Gasteiger partial charge in [0.05, 0.1) is 19.3 Å². The number of rotatable bonds is 8. The molecule has 0 saturated carbocycles. The largest absolute Gasteiger partial charge is 0.495 e. The molecule has 1 aromatic carbocycles. The van der Waals surface area contributed by atoms with E-state index in [1.807, 2.05) is 19.1 Å². The summed E-state index contributed by atoms with van der Waals surface area (Å²) in [6.07, 6.45) is 3.77. The third kappa shape index (κ3) is 6.58. The van der Waals surface area contributed by atoms with Gasteiger partial charge in [0, 0.05) is 29.1 Å². The van der Waals surface area contributed by atoms with Gasteiger partial charge < -0.3 is 19.9 Å². The lowest BCUT2D eigenvalue weighted by Crippen LogP contribution is -2.39. The minimum atomic E-state index is 0.689. The number of aryl methyl sites for hydroxylation is 1. The minimum absolute atomic E-state index is 0.689. The van der Waals surface area contributed by atoms with Crippen molar-refractivity contribution in [2.24, 2.45) is 5.92 Å². The molecular weight excluding hydrogens is 434 g/mol. The Morgan fingerprint density at radius 2 is 2.27 bits per heavy atom. The molecule has 0 unspecified atom stereocenters. The Morgan fingerprint density at radius 3 is 2.97 bits per heavy atom. The van der Waals surface area contributed by atoms with Crippen LogP contribution in [-0.4, -0.2) is 48.2 Å². The molecule has 2 heterocycles. The van der Waals surface area contributed by atoms with Gasteiger partial charge in [-0.2, -0.15) is 0 Å². The number of methoxy groups -OCH3 is 1. The van der Waals surface area contributed by atoms with E-state index in [4.69, 9.17) is 28.6 Å². The molecule has 1 fully saturated rings. The molecule has 0 bridgehead atoms. The molecule has 1 N–H and O–H groups in total. The van der Waals surface area contributed by atoms with Gasteiger partial charge in [-0.05, 0) is 80.5 Å². The molecule has 2 aromatic rings. The average Bonchev–Trinajstić information content (AvgIpc) is 3.23. The molecule has 1 saturated heterocycles. The summed E-state index contributed by atoms with van der Waals surface area (Å²) in [5, 5.41) is 6.93. The van der Waals surface area contributed by atoms with Crippen LogP contribution in [0.15, 0.2) is 29.6 Å². The van der Waals surface area contributed by atoms with Crippen LogP contribution in [0.2, 0.25) is 5.02 Å². The Balaban J connectivity index is 1.65. The smallest absolute Gasteiger partial charge is 0.173 e. The van der Waals surface area contributed by atoms with Crippen molar-refractivity contribution in [1.29, 1.82) is 0 Å². The van der Waals surface area contributed by atoms with Gasteiger partial charge in [-0.15, -0.1) is 11.3 Å². The second kappa shape index (κ2) is 11.3. The van der Waals surface area contributed by atoms with Crippen LogP contribution in [0.1, 0.15) is 36.6 Å². The summed E-state index contributed by atoms with van der Waals surface area (Å²) in [5.74, 6) is 1.51. The van der Waals surface area contributed by atoms with E-state index in [1.165, 1.54) is 30.8 Å². The first-order valence-corrected chi connectivity index (χ1v) is 12.3. The van der Waals surface area contributed by atoms with Crippen molar-refractivity contribution in [3.63, 3.8) is 0 Å². The number of ether oxygens (including phenoxy) is 1. The zero-order valence-electron chi connectivity index (χ0n) is 18.1. The third-order valence-electron chi connectivity index (χ3n) is 5.58. The van der Waals surface area contributed by atoms with Gasteiger partial charge >= 0.3 is 0 Å². The van der Waals surface area contributed by atoms with Crippen LogP contribution < -0.4 is 10.1 Å². The summed E-state index contributed by atoms with van der Waals surface area (Å²) in [6.45, 7) is 9.64. The molecular formula is C23H32ClN3OS2. The highest BCUT2D eigenvalue weighted by atomic mass is 35.5. The summed E-state index contributed by atoms with van der Waals surface area (Å²) < 4.78 is 5.51. The predicted octanol–water partition coefficient (Wildman–Crippen LogP) is 6.04. The van der Waals surface area contributed by atoms with E-state index in [0.717, 1.165) is 48.3 Å². The SMILES string of the molecule is COc1cc(Cl)c(C)cc1NC(=S)N(CCCN1CCC[C@@H](C)C1)Cc1cccs1. The van der Waals surface area contributed by atoms with E-state index in [9.17, 15) is 0 Å². The first-order valence-electron chi connectivity index (χ1n) is 10.6. The Kier molecular flexibility index (Phi) is 8.81. The van der Waals surface area contributed by atoms with Gasteiger partial charge in [0.25, 0.3) is 0 Å². The number of thiophene rings is 1. The van der Waals surface area contributed by atoms with E-state index in [2.05, 4.69) is 39.6 Å². The number of piperidine rings is 1. The number of likely N-dealkylation sites (tertiary alicyclic amines) is 1. The normalized spacial score (nSPS) is 17.0. The number of hydrogen-bond acceptors (Lipinski definition) is 4. The van der Waals surface area contributed by atoms with Gasteiger partial charge in [0.1, 0.15) is 5.75 Å². The van der Waals surface area contributed by atoms with Crippen LogP contribution >= 0.6 is 35.2 Å². The number of anilines is 1. The second-order valence-corrected chi connectivity index (χ2v) is 9.96.